The molecule has 7 nitrogen and oxygen atoms in total. The molecular formula is C21H15ClN4O3S. The van der Waals surface area contributed by atoms with Gasteiger partial charge in [-0.2, -0.15) is 0 Å². The number of halogens is 1. The molecule has 30 heavy (non-hydrogen) atoms. The normalized spacial score (nSPS) is 11.5. The van der Waals surface area contributed by atoms with Gasteiger partial charge < -0.3 is 8.83 Å². The predicted octanol–water partition coefficient (Wildman–Crippen LogP) is 4.83. The highest BCUT2D eigenvalue weighted by atomic mass is 35.5. The molecule has 0 aliphatic carbocycles. The first-order valence-corrected chi connectivity index (χ1v) is 10.5. The second kappa shape index (κ2) is 7.62. The second-order valence-electron chi connectivity index (χ2n) is 6.88. The molecule has 0 aliphatic heterocycles. The van der Waals surface area contributed by atoms with E-state index in [-0.39, 0.29) is 5.63 Å². The van der Waals surface area contributed by atoms with E-state index in [0.717, 1.165) is 27.7 Å². The number of aromatic nitrogens is 4. The van der Waals surface area contributed by atoms with Crippen LogP contribution in [0.3, 0.4) is 0 Å². The van der Waals surface area contributed by atoms with Gasteiger partial charge in [-0.3, -0.25) is 0 Å². The van der Waals surface area contributed by atoms with Gasteiger partial charge in [0.15, 0.2) is 5.58 Å². The van der Waals surface area contributed by atoms with Gasteiger partial charge in [0.25, 0.3) is 5.22 Å². The Labute approximate surface area is 179 Å². The summed E-state index contributed by atoms with van der Waals surface area (Å²) in [5.41, 5.74) is 4.30. The van der Waals surface area contributed by atoms with E-state index in [1.807, 2.05) is 31.3 Å². The van der Waals surface area contributed by atoms with E-state index in [2.05, 4.69) is 15.3 Å². The van der Waals surface area contributed by atoms with Crippen LogP contribution in [0.5, 0.6) is 0 Å². The second-order valence-corrected chi connectivity index (χ2v) is 8.24. The lowest BCUT2D eigenvalue weighted by atomic mass is 10.1. The Morgan fingerprint density at radius 2 is 1.97 bits per heavy atom. The molecule has 0 radical (unpaired) electrons. The van der Waals surface area contributed by atoms with Crippen LogP contribution >= 0.6 is 23.4 Å². The van der Waals surface area contributed by atoms with E-state index >= 15 is 0 Å². The Hall–Kier alpha value is -3.10. The zero-order chi connectivity index (χ0) is 20.7. The summed E-state index contributed by atoms with van der Waals surface area (Å²) in [6.45, 7) is 2.42. The number of aryl methyl sites for hydroxylation is 1. The molecule has 3 aromatic heterocycles. The van der Waals surface area contributed by atoms with Gasteiger partial charge in [0.2, 0.25) is 0 Å². The lowest BCUT2D eigenvalue weighted by Gasteiger charge is -2.06. The topological polar surface area (TPSA) is 87.0 Å². The molecule has 2 aromatic carbocycles. The fraction of sp³-hybridized carbons (Fsp3) is 0.143. The molecule has 0 spiro atoms. The molecule has 0 atom stereocenters. The number of nitrogens with zero attached hydrogens (tertiary/aromatic N) is 4. The molecule has 0 aliphatic rings. The van der Waals surface area contributed by atoms with Gasteiger partial charge in [0.05, 0.1) is 12.2 Å². The van der Waals surface area contributed by atoms with Crippen LogP contribution in [0.25, 0.3) is 22.1 Å². The van der Waals surface area contributed by atoms with Crippen LogP contribution in [0.1, 0.15) is 16.8 Å². The van der Waals surface area contributed by atoms with Gasteiger partial charge in [-0.15, -0.1) is 5.10 Å². The first-order valence-electron chi connectivity index (χ1n) is 9.15. The maximum atomic E-state index is 11.9. The van der Waals surface area contributed by atoms with Gasteiger partial charge in [-0.05, 0) is 42.8 Å². The third-order valence-electron chi connectivity index (χ3n) is 4.58. The van der Waals surface area contributed by atoms with Gasteiger partial charge in [-0.1, -0.05) is 40.2 Å². The maximum absolute atomic E-state index is 11.9. The minimum Gasteiger partial charge on any atom is -0.431 e. The van der Waals surface area contributed by atoms with Crippen LogP contribution in [0.4, 0.5) is 0 Å². The number of oxazole rings is 1. The smallest absolute Gasteiger partial charge is 0.336 e. The Balaban J connectivity index is 1.34. The quantitative estimate of drug-likeness (QED) is 0.287. The highest BCUT2D eigenvalue weighted by molar-refractivity contribution is 7.98. The fourth-order valence-corrected chi connectivity index (χ4v) is 4.09. The van der Waals surface area contributed by atoms with Crippen LogP contribution < -0.4 is 5.63 Å². The molecule has 0 saturated carbocycles. The minimum atomic E-state index is -0.381. The Bertz CT molecular complexity index is 1440. The van der Waals surface area contributed by atoms with Crippen molar-refractivity contribution < 1.29 is 8.83 Å². The highest BCUT2D eigenvalue weighted by Gasteiger charge is 2.11. The van der Waals surface area contributed by atoms with Crippen molar-refractivity contribution in [1.82, 2.24) is 20.0 Å². The predicted molar refractivity (Wildman–Crippen MR) is 115 cm³/mol. The Morgan fingerprint density at radius 3 is 2.87 bits per heavy atom. The molecule has 0 unspecified atom stereocenters. The van der Waals surface area contributed by atoms with Crippen molar-refractivity contribution in [2.45, 2.75) is 24.4 Å². The third kappa shape index (κ3) is 3.83. The molecule has 5 rings (SSSR count). The van der Waals surface area contributed by atoms with Crippen molar-refractivity contribution in [2.24, 2.45) is 0 Å². The number of rotatable bonds is 5. The average Bonchev–Trinajstić information content (AvgIpc) is 3.32. The number of fused-ring (bicyclic) bond motifs is 2. The molecule has 9 heteroatoms. The summed E-state index contributed by atoms with van der Waals surface area (Å²) in [6, 6.07) is 12.6. The number of hydrogen-bond donors (Lipinski definition) is 0. The van der Waals surface area contributed by atoms with Crippen molar-refractivity contribution >= 4 is 45.4 Å². The molecule has 0 fully saturated rings. The van der Waals surface area contributed by atoms with E-state index in [1.54, 1.807) is 22.9 Å². The van der Waals surface area contributed by atoms with Gasteiger partial charge in [0, 0.05) is 28.4 Å². The minimum absolute atomic E-state index is 0.381. The van der Waals surface area contributed by atoms with E-state index in [1.165, 1.54) is 17.8 Å². The summed E-state index contributed by atoms with van der Waals surface area (Å²) in [5.74, 6) is 0.553. The van der Waals surface area contributed by atoms with E-state index in [0.29, 0.717) is 33.7 Å². The van der Waals surface area contributed by atoms with Crippen LogP contribution in [0, 0.1) is 6.92 Å². The first-order chi connectivity index (χ1) is 14.5. The van der Waals surface area contributed by atoms with Crippen molar-refractivity contribution in [3.05, 3.63) is 80.9 Å². The molecule has 150 valence electrons. The van der Waals surface area contributed by atoms with Crippen molar-refractivity contribution in [3.63, 3.8) is 0 Å². The highest BCUT2D eigenvalue weighted by Crippen LogP contribution is 2.27. The zero-order valence-corrected chi connectivity index (χ0v) is 17.4. The van der Waals surface area contributed by atoms with Crippen LogP contribution in [-0.4, -0.2) is 20.0 Å². The number of thioether (sulfide) groups is 1. The maximum Gasteiger partial charge on any atom is 0.336 e. The SMILES string of the molecule is Cc1ccc2oc(=O)cc(Cn3cc(CSc4nc5cc(Cl)ccc5o4)nn3)c2c1. The third-order valence-corrected chi connectivity index (χ3v) is 5.67. The van der Waals surface area contributed by atoms with E-state index in [9.17, 15) is 4.79 Å². The summed E-state index contributed by atoms with van der Waals surface area (Å²) in [6.07, 6.45) is 1.85. The van der Waals surface area contributed by atoms with Crippen LogP contribution in [-0.2, 0) is 12.3 Å². The molecule has 0 saturated heterocycles. The molecule has 0 amide bonds. The van der Waals surface area contributed by atoms with Crippen molar-refractivity contribution in [3.8, 4) is 0 Å². The molecule has 0 bridgehead atoms. The molecular weight excluding hydrogens is 424 g/mol. The molecule has 3 heterocycles. The summed E-state index contributed by atoms with van der Waals surface area (Å²) < 4.78 is 12.7. The molecule has 0 N–H and O–H groups in total. The Kier molecular flexibility index (Phi) is 4.80. The number of hydrogen-bond acceptors (Lipinski definition) is 7. The van der Waals surface area contributed by atoms with Gasteiger partial charge >= 0.3 is 5.63 Å². The van der Waals surface area contributed by atoms with Crippen LogP contribution in [0.15, 0.2) is 67.5 Å². The summed E-state index contributed by atoms with van der Waals surface area (Å²) in [4.78, 5) is 16.3. The number of benzene rings is 2. The zero-order valence-electron chi connectivity index (χ0n) is 15.8. The van der Waals surface area contributed by atoms with Gasteiger partial charge in [-0.25, -0.2) is 14.5 Å². The first kappa shape index (κ1) is 18.9. The Morgan fingerprint density at radius 1 is 1.10 bits per heavy atom. The largest absolute Gasteiger partial charge is 0.431 e. The standard InChI is InChI=1S/C21H15ClN4O3S/c1-12-2-4-18-16(6-12)13(7-20(27)28-18)9-26-10-15(24-25-26)11-30-21-23-17-8-14(22)3-5-19(17)29-21/h2-8,10H,9,11H2,1H3. The van der Waals surface area contributed by atoms with E-state index < -0.39 is 0 Å². The van der Waals surface area contributed by atoms with Crippen LogP contribution in [0.2, 0.25) is 5.02 Å². The van der Waals surface area contributed by atoms with E-state index in [4.69, 9.17) is 20.4 Å². The van der Waals surface area contributed by atoms with Crippen molar-refractivity contribution in [2.75, 3.05) is 0 Å². The lowest BCUT2D eigenvalue weighted by Crippen LogP contribution is -2.06. The van der Waals surface area contributed by atoms with Gasteiger partial charge in [0.1, 0.15) is 11.1 Å². The van der Waals surface area contributed by atoms with Crippen molar-refractivity contribution in [1.29, 1.82) is 0 Å². The summed E-state index contributed by atoms with van der Waals surface area (Å²) >= 11 is 7.42. The molecule has 5 aromatic rings. The fourth-order valence-electron chi connectivity index (χ4n) is 3.21. The lowest BCUT2D eigenvalue weighted by molar-refractivity contribution is 0.489. The monoisotopic (exact) mass is 438 g/mol. The summed E-state index contributed by atoms with van der Waals surface area (Å²) in [5, 5.41) is 10.5. The average molecular weight is 439 g/mol. The summed E-state index contributed by atoms with van der Waals surface area (Å²) in [7, 11) is 0.